The number of sulfone groups is 1. The van der Waals surface area contributed by atoms with Gasteiger partial charge in [-0.2, -0.15) is 0 Å². The zero-order valence-corrected chi connectivity index (χ0v) is 14.1. The summed E-state index contributed by atoms with van der Waals surface area (Å²) in [6.07, 6.45) is 3.93. The normalized spacial score (nSPS) is 26.2. The van der Waals surface area contributed by atoms with E-state index in [1.165, 1.54) is 6.42 Å². The maximum Gasteiger partial charge on any atom is 0.220 e. The molecule has 4 nitrogen and oxygen atoms in total. The monoisotopic (exact) mass is 303 g/mol. The van der Waals surface area contributed by atoms with E-state index >= 15 is 0 Å². The fraction of sp³-hybridized carbons (Fsp3) is 0.933. The third-order valence-corrected chi connectivity index (χ3v) is 5.83. The van der Waals surface area contributed by atoms with Gasteiger partial charge < -0.3 is 5.32 Å². The van der Waals surface area contributed by atoms with Gasteiger partial charge in [0.2, 0.25) is 5.91 Å². The minimum Gasteiger partial charge on any atom is -0.355 e. The number of carbonyl (C=O) groups excluding carboxylic acids is 1. The Morgan fingerprint density at radius 2 is 1.95 bits per heavy atom. The van der Waals surface area contributed by atoms with Gasteiger partial charge in [-0.1, -0.05) is 27.7 Å². The van der Waals surface area contributed by atoms with Crippen LogP contribution in [0.25, 0.3) is 0 Å². The average Bonchev–Trinajstić information content (AvgIpc) is 2.25. The van der Waals surface area contributed by atoms with Crippen LogP contribution in [0.15, 0.2) is 0 Å². The third kappa shape index (κ3) is 6.25. The summed E-state index contributed by atoms with van der Waals surface area (Å²) in [5, 5.41) is 2.74. The SMILES string of the molecule is CCS(=O)(=O)CCNC(=O)CC1CC(C)CC(C)(C)C1. The molecule has 0 aliphatic heterocycles. The zero-order valence-electron chi connectivity index (χ0n) is 13.2. The van der Waals surface area contributed by atoms with Gasteiger partial charge in [0.25, 0.3) is 0 Å². The van der Waals surface area contributed by atoms with Crippen molar-refractivity contribution in [2.24, 2.45) is 17.3 Å². The molecule has 1 fully saturated rings. The molecular formula is C15H29NO3S. The number of hydrogen-bond acceptors (Lipinski definition) is 3. The highest BCUT2D eigenvalue weighted by Gasteiger charge is 2.32. The van der Waals surface area contributed by atoms with Crippen LogP contribution in [0.3, 0.4) is 0 Å². The summed E-state index contributed by atoms with van der Waals surface area (Å²) >= 11 is 0. The molecule has 0 bridgehead atoms. The highest BCUT2D eigenvalue weighted by molar-refractivity contribution is 7.91. The summed E-state index contributed by atoms with van der Waals surface area (Å²) in [7, 11) is -2.99. The van der Waals surface area contributed by atoms with Crippen LogP contribution in [0.4, 0.5) is 0 Å². The Morgan fingerprint density at radius 1 is 1.30 bits per heavy atom. The van der Waals surface area contributed by atoms with Gasteiger partial charge in [0.05, 0.1) is 5.75 Å². The molecule has 0 radical (unpaired) electrons. The number of rotatable bonds is 6. The molecule has 1 aliphatic carbocycles. The second-order valence-corrected chi connectivity index (χ2v) is 9.54. The first-order valence-corrected chi connectivity index (χ1v) is 9.43. The molecule has 1 saturated carbocycles. The average molecular weight is 303 g/mol. The molecule has 1 rings (SSSR count). The molecule has 0 aromatic carbocycles. The number of amides is 1. The Morgan fingerprint density at radius 3 is 2.50 bits per heavy atom. The Kier molecular flexibility index (Phi) is 6.05. The largest absolute Gasteiger partial charge is 0.355 e. The van der Waals surface area contributed by atoms with E-state index in [-0.39, 0.29) is 24.0 Å². The quantitative estimate of drug-likeness (QED) is 0.819. The van der Waals surface area contributed by atoms with Crippen molar-refractivity contribution in [1.82, 2.24) is 5.32 Å². The Labute approximate surface area is 123 Å². The maximum atomic E-state index is 11.9. The molecule has 5 heteroatoms. The molecule has 2 atom stereocenters. The van der Waals surface area contributed by atoms with Crippen LogP contribution in [0.5, 0.6) is 0 Å². The fourth-order valence-electron chi connectivity index (χ4n) is 3.52. The summed E-state index contributed by atoms with van der Waals surface area (Å²) in [4.78, 5) is 11.9. The lowest BCUT2D eigenvalue weighted by atomic mass is 9.67. The topological polar surface area (TPSA) is 63.2 Å². The number of nitrogens with one attached hydrogen (secondary N) is 1. The lowest BCUT2D eigenvalue weighted by Crippen LogP contribution is -2.34. The first-order valence-electron chi connectivity index (χ1n) is 7.60. The minimum absolute atomic E-state index is 0.00815. The maximum absolute atomic E-state index is 11.9. The van der Waals surface area contributed by atoms with Gasteiger partial charge in [-0.15, -0.1) is 0 Å². The molecular weight excluding hydrogens is 274 g/mol. The third-order valence-electron chi connectivity index (χ3n) is 4.13. The number of hydrogen-bond donors (Lipinski definition) is 1. The highest BCUT2D eigenvalue weighted by atomic mass is 32.2. The predicted octanol–water partition coefficient (Wildman–Crippen LogP) is 2.39. The lowest BCUT2D eigenvalue weighted by molar-refractivity contribution is -0.122. The predicted molar refractivity (Wildman–Crippen MR) is 82.2 cm³/mol. The van der Waals surface area contributed by atoms with Gasteiger partial charge in [-0.3, -0.25) is 4.79 Å². The van der Waals surface area contributed by atoms with Crippen molar-refractivity contribution in [2.45, 2.75) is 53.4 Å². The van der Waals surface area contributed by atoms with E-state index < -0.39 is 9.84 Å². The van der Waals surface area contributed by atoms with E-state index in [2.05, 4.69) is 26.1 Å². The van der Waals surface area contributed by atoms with Crippen molar-refractivity contribution in [1.29, 1.82) is 0 Å². The van der Waals surface area contributed by atoms with Crippen LogP contribution in [0.1, 0.15) is 53.4 Å². The summed E-state index contributed by atoms with van der Waals surface area (Å²) < 4.78 is 22.7. The van der Waals surface area contributed by atoms with E-state index in [4.69, 9.17) is 0 Å². The lowest BCUT2D eigenvalue weighted by Gasteiger charge is -2.38. The number of carbonyl (C=O) groups is 1. The second kappa shape index (κ2) is 6.92. The molecule has 20 heavy (non-hydrogen) atoms. The molecule has 1 amide bonds. The molecule has 0 aromatic rings. The van der Waals surface area contributed by atoms with E-state index in [1.807, 2.05) is 0 Å². The smallest absolute Gasteiger partial charge is 0.220 e. The van der Waals surface area contributed by atoms with Crippen molar-refractivity contribution in [2.75, 3.05) is 18.1 Å². The summed E-state index contributed by atoms with van der Waals surface area (Å²) in [6.45, 7) is 8.64. The highest BCUT2D eigenvalue weighted by Crippen LogP contribution is 2.42. The Balaban J connectivity index is 2.35. The fourth-order valence-corrected chi connectivity index (χ4v) is 4.23. The van der Waals surface area contributed by atoms with E-state index in [0.717, 1.165) is 12.8 Å². The van der Waals surface area contributed by atoms with Gasteiger partial charge in [0.1, 0.15) is 0 Å². The van der Waals surface area contributed by atoms with Crippen molar-refractivity contribution < 1.29 is 13.2 Å². The summed E-state index contributed by atoms with van der Waals surface area (Å²) in [5.41, 5.74) is 0.314. The molecule has 1 N–H and O–H groups in total. The second-order valence-electron chi connectivity index (χ2n) is 7.07. The van der Waals surface area contributed by atoms with Gasteiger partial charge >= 0.3 is 0 Å². The van der Waals surface area contributed by atoms with Gasteiger partial charge in [-0.05, 0) is 36.5 Å². The molecule has 2 unspecified atom stereocenters. The van der Waals surface area contributed by atoms with Crippen molar-refractivity contribution >= 4 is 15.7 Å². The van der Waals surface area contributed by atoms with Gasteiger partial charge in [0, 0.05) is 18.7 Å². The van der Waals surface area contributed by atoms with Crippen molar-refractivity contribution in [3.05, 3.63) is 0 Å². The Bertz CT molecular complexity index is 428. The summed E-state index contributed by atoms with van der Waals surface area (Å²) in [5.74, 6) is 1.26. The molecule has 118 valence electrons. The molecule has 1 aliphatic rings. The van der Waals surface area contributed by atoms with Crippen LogP contribution < -0.4 is 5.32 Å². The Hall–Kier alpha value is -0.580. The molecule has 0 aromatic heterocycles. The van der Waals surface area contributed by atoms with E-state index in [9.17, 15) is 13.2 Å². The summed E-state index contributed by atoms with van der Waals surface area (Å²) in [6, 6.07) is 0. The van der Waals surface area contributed by atoms with Crippen LogP contribution in [-0.4, -0.2) is 32.4 Å². The molecule has 0 saturated heterocycles. The first kappa shape index (κ1) is 17.5. The minimum atomic E-state index is -2.99. The first-order chi connectivity index (χ1) is 9.13. The molecule has 0 heterocycles. The van der Waals surface area contributed by atoms with Crippen LogP contribution >= 0.6 is 0 Å². The van der Waals surface area contributed by atoms with Crippen LogP contribution in [-0.2, 0) is 14.6 Å². The standard InChI is InChI=1S/C15H29NO3S/c1-5-20(18,19)7-6-16-14(17)9-13-8-12(2)10-15(3,4)11-13/h12-13H,5-11H2,1-4H3,(H,16,17). The van der Waals surface area contributed by atoms with Crippen molar-refractivity contribution in [3.8, 4) is 0 Å². The van der Waals surface area contributed by atoms with E-state index in [1.54, 1.807) is 6.92 Å². The van der Waals surface area contributed by atoms with Crippen molar-refractivity contribution in [3.63, 3.8) is 0 Å². The van der Waals surface area contributed by atoms with E-state index in [0.29, 0.717) is 23.7 Å². The van der Waals surface area contributed by atoms with Gasteiger partial charge in [-0.25, -0.2) is 8.42 Å². The zero-order chi connectivity index (χ0) is 15.4. The van der Waals surface area contributed by atoms with Crippen LogP contribution in [0.2, 0.25) is 0 Å². The molecule has 0 spiro atoms. The van der Waals surface area contributed by atoms with Crippen LogP contribution in [0, 0.1) is 17.3 Å². The van der Waals surface area contributed by atoms with Gasteiger partial charge in [0.15, 0.2) is 9.84 Å².